The van der Waals surface area contributed by atoms with Gasteiger partial charge in [-0.05, 0) is 36.4 Å². The molecule has 0 fully saturated rings. The number of amides is 1. The predicted octanol–water partition coefficient (Wildman–Crippen LogP) is 5.61. The largest absolute Gasteiger partial charge is 0.435 e. The number of carbonyl (C=O) groups excluding carboxylic acids is 1. The summed E-state index contributed by atoms with van der Waals surface area (Å²) in [6.45, 7) is -2.93. The molecule has 0 unspecified atom stereocenters. The molecule has 152 valence electrons. The van der Waals surface area contributed by atoms with Crippen molar-refractivity contribution in [3.05, 3.63) is 65.2 Å². The van der Waals surface area contributed by atoms with Crippen LogP contribution in [0.3, 0.4) is 0 Å². The molecule has 1 N–H and O–H groups in total. The lowest BCUT2D eigenvalue weighted by molar-refractivity contribution is -0.137. The maximum Gasteiger partial charge on any atom is 0.416 e. The van der Waals surface area contributed by atoms with Gasteiger partial charge in [0, 0.05) is 16.6 Å². The van der Waals surface area contributed by atoms with Crippen LogP contribution in [-0.2, 0) is 17.4 Å². The number of hydrogen-bond acceptors (Lipinski definition) is 4. The first-order chi connectivity index (χ1) is 13.7. The Balaban J connectivity index is 1.60. The molecule has 2 aromatic carbocycles. The Morgan fingerprint density at radius 1 is 1.07 bits per heavy atom. The van der Waals surface area contributed by atoms with E-state index < -0.39 is 18.4 Å². The van der Waals surface area contributed by atoms with Crippen molar-refractivity contribution in [1.29, 1.82) is 0 Å². The Kier molecular flexibility index (Phi) is 6.12. The van der Waals surface area contributed by atoms with E-state index in [4.69, 9.17) is 0 Å². The molecule has 0 aliphatic rings. The number of halogens is 5. The molecule has 0 bridgehead atoms. The minimum Gasteiger partial charge on any atom is -0.435 e. The molecule has 0 aliphatic carbocycles. The third-order valence-corrected chi connectivity index (χ3v) is 4.66. The summed E-state index contributed by atoms with van der Waals surface area (Å²) in [5.41, 5.74) is 0.626. The van der Waals surface area contributed by atoms with Gasteiger partial charge in [0.05, 0.1) is 17.7 Å². The van der Waals surface area contributed by atoms with Crippen LogP contribution in [-0.4, -0.2) is 17.5 Å². The molecule has 0 aliphatic heterocycles. The van der Waals surface area contributed by atoms with E-state index in [1.165, 1.54) is 47.7 Å². The minimum absolute atomic E-state index is 0.0290. The number of carbonyl (C=O) groups is 1. The van der Waals surface area contributed by atoms with Gasteiger partial charge < -0.3 is 10.1 Å². The zero-order valence-electron chi connectivity index (χ0n) is 14.5. The van der Waals surface area contributed by atoms with Gasteiger partial charge in [-0.3, -0.25) is 4.79 Å². The lowest BCUT2D eigenvalue weighted by Gasteiger charge is -2.07. The summed E-state index contributed by atoms with van der Waals surface area (Å²) in [5, 5.41) is 4.74. The van der Waals surface area contributed by atoms with Crippen LogP contribution in [0.5, 0.6) is 5.75 Å². The molecule has 0 radical (unpaired) electrons. The van der Waals surface area contributed by atoms with E-state index in [9.17, 15) is 26.7 Å². The van der Waals surface area contributed by atoms with Crippen molar-refractivity contribution in [2.75, 3.05) is 5.32 Å². The number of rotatable bonds is 6. The van der Waals surface area contributed by atoms with E-state index in [1.807, 2.05) is 0 Å². The number of benzene rings is 2. The Labute approximate surface area is 166 Å². The highest BCUT2D eigenvalue weighted by atomic mass is 32.1. The van der Waals surface area contributed by atoms with Crippen LogP contribution in [0.4, 0.5) is 27.6 Å². The summed E-state index contributed by atoms with van der Waals surface area (Å²) < 4.78 is 66.4. The van der Waals surface area contributed by atoms with Gasteiger partial charge in [0.1, 0.15) is 10.8 Å². The maximum absolute atomic E-state index is 12.6. The summed E-state index contributed by atoms with van der Waals surface area (Å²) in [7, 11) is 0. The summed E-state index contributed by atoms with van der Waals surface area (Å²) >= 11 is 1.21. The maximum atomic E-state index is 12.6. The first-order valence-electron chi connectivity index (χ1n) is 8.17. The monoisotopic (exact) mass is 428 g/mol. The highest BCUT2D eigenvalue weighted by Crippen LogP contribution is 2.31. The lowest BCUT2D eigenvalue weighted by Crippen LogP contribution is -2.14. The van der Waals surface area contributed by atoms with Gasteiger partial charge in [-0.25, -0.2) is 4.98 Å². The second kappa shape index (κ2) is 8.56. The molecule has 4 nitrogen and oxygen atoms in total. The van der Waals surface area contributed by atoms with Crippen LogP contribution in [0.1, 0.15) is 11.3 Å². The summed E-state index contributed by atoms with van der Waals surface area (Å²) in [5.74, 6) is -0.407. The second-order valence-corrected chi connectivity index (χ2v) is 6.71. The van der Waals surface area contributed by atoms with Gasteiger partial charge >= 0.3 is 12.8 Å². The van der Waals surface area contributed by atoms with E-state index in [0.29, 0.717) is 22.0 Å². The van der Waals surface area contributed by atoms with Gasteiger partial charge in [-0.2, -0.15) is 22.0 Å². The Bertz CT molecular complexity index is 970. The van der Waals surface area contributed by atoms with E-state index >= 15 is 0 Å². The third kappa shape index (κ3) is 5.74. The first kappa shape index (κ1) is 20.7. The average Bonchev–Trinajstić information content (AvgIpc) is 3.10. The normalized spacial score (nSPS) is 11.5. The van der Waals surface area contributed by atoms with Gasteiger partial charge in [-0.1, -0.05) is 12.1 Å². The molecule has 1 aromatic heterocycles. The summed E-state index contributed by atoms with van der Waals surface area (Å²) in [4.78, 5) is 16.4. The molecular weight excluding hydrogens is 415 g/mol. The zero-order valence-corrected chi connectivity index (χ0v) is 15.4. The van der Waals surface area contributed by atoms with Gasteiger partial charge in [-0.15, -0.1) is 11.3 Å². The van der Waals surface area contributed by atoms with Gasteiger partial charge in [0.25, 0.3) is 0 Å². The van der Waals surface area contributed by atoms with Crippen LogP contribution in [0.15, 0.2) is 53.9 Å². The molecule has 1 heterocycles. The van der Waals surface area contributed by atoms with E-state index in [1.54, 1.807) is 5.38 Å². The fourth-order valence-electron chi connectivity index (χ4n) is 2.41. The van der Waals surface area contributed by atoms with E-state index in [0.717, 1.165) is 12.1 Å². The molecule has 29 heavy (non-hydrogen) atoms. The number of nitrogens with one attached hydrogen (secondary N) is 1. The number of anilines is 1. The molecule has 0 saturated carbocycles. The number of nitrogens with zero attached hydrogens (tertiary/aromatic N) is 1. The average molecular weight is 428 g/mol. The van der Waals surface area contributed by atoms with Crippen molar-refractivity contribution in [1.82, 2.24) is 4.98 Å². The fraction of sp³-hybridized carbons (Fsp3) is 0.158. The van der Waals surface area contributed by atoms with E-state index in [-0.39, 0.29) is 18.1 Å². The quantitative estimate of drug-likeness (QED) is 0.519. The number of alkyl halides is 5. The Morgan fingerprint density at radius 3 is 2.31 bits per heavy atom. The fourth-order valence-corrected chi connectivity index (χ4v) is 3.24. The van der Waals surface area contributed by atoms with Crippen molar-refractivity contribution in [2.45, 2.75) is 19.2 Å². The summed E-state index contributed by atoms with van der Waals surface area (Å²) in [6, 6.07) is 10.0. The third-order valence-electron chi connectivity index (χ3n) is 3.72. The van der Waals surface area contributed by atoms with Crippen molar-refractivity contribution in [3.8, 4) is 16.3 Å². The summed E-state index contributed by atoms with van der Waals surface area (Å²) in [6.07, 6.45) is -4.46. The van der Waals surface area contributed by atoms with Crippen molar-refractivity contribution < 1.29 is 31.5 Å². The van der Waals surface area contributed by atoms with Crippen LogP contribution >= 0.6 is 11.3 Å². The molecule has 0 spiro atoms. The molecule has 10 heteroatoms. The second-order valence-electron chi connectivity index (χ2n) is 5.85. The van der Waals surface area contributed by atoms with Crippen LogP contribution < -0.4 is 10.1 Å². The molecule has 0 atom stereocenters. The Morgan fingerprint density at radius 2 is 1.72 bits per heavy atom. The molecular formula is C19H13F5N2O2S. The van der Waals surface area contributed by atoms with Crippen LogP contribution in [0.25, 0.3) is 10.6 Å². The van der Waals surface area contributed by atoms with Crippen molar-refractivity contribution >= 4 is 22.9 Å². The standard InChI is InChI=1S/C19H13F5N2O2S/c20-18(21)28-15-7-5-13(6-8-15)25-16(27)9-14-10-29-17(26-14)11-1-3-12(4-2-11)19(22,23)24/h1-8,10,18H,9H2,(H,25,27). The van der Waals surface area contributed by atoms with Crippen LogP contribution in [0, 0.1) is 0 Å². The van der Waals surface area contributed by atoms with Crippen LogP contribution in [0.2, 0.25) is 0 Å². The molecule has 3 aromatic rings. The lowest BCUT2D eigenvalue weighted by atomic mass is 10.1. The topological polar surface area (TPSA) is 51.2 Å². The Hall–Kier alpha value is -3.01. The number of ether oxygens (including phenoxy) is 1. The first-order valence-corrected chi connectivity index (χ1v) is 9.05. The smallest absolute Gasteiger partial charge is 0.416 e. The predicted molar refractivity (Wildman–Crippen MR) is 98.0 cm³/mol. The molecule has 3 rings (SSSR count). The highest BCUT2D eigenvalue weighted by Gasteiger charge is 2.30. The number of aromatic nitrogens is 1. The SMILES string of the molecule is O=C(Cc1csc(-c2ccc(C(F)(F)F)cc2)n1)Nc1ccc(OC(F)F)cc1. The minimum atomic E-state index is -4.41. The highest BCUT2D eigenvalue weighted by molar-refractivity contribution is 7.13. The van der Waals surface area contributed by atoms with Gasteiger partial charge in [0.15, 0.2) is 0 Å². The molecule has 1 amide bonds. The number of thiazole rings is 1. The molecule has 0 saturated heterocycles. The van der Waals surface area contributed by atoms with Crippen molar-refractivity contribution in [3.63, 3.8) is 0 Å². The van der Waals surface area contributed by atoms with Crippen molar-refractivity contribution in [2.24, 2.45) is 0 Å². The van der Waals surface area contributed by atoms with E-state index in [2.05, 4.69) is 15.0 Å². The zero-order chi connectivity index (χ0) is 21.0. The van der Waals surface area contributed by atoms with Gasteiger partial charge in [0.2, 0.25) is 5.91 Å². The number of hydrogen-bond donors (Lipinski definition) is 1.